The third-order valence-electron chi connectivity index (χ3n) is 4.33. The molecule has 1 amide bonds. The summed E-state index contributed by atoms with van der Waals surface area (Å²) in [7, 11) is 0. The van der Waals surface area contributed by atoms with E-state index in [0.717, 1.165) is 31.4 Å². The molecule has 0 radical (unpaired) electrons. The minimum atomic E-state index is -0.497. The van der Waals surface area contributed by atoms with Gasteiger partial charge in [-0.2, -0.15) is 0 Å². The van der Waals surface area contributed by atoms with Crippen LogP contribution in [0.5, 0.6) is 5.75 Å². The summed E-state index contributed by atoms with van der Waals surface area (Å²) in [6.07, 6.45) is 6.43. The van der Waals surface area contributed by atoms with E-state index in [0.29, 0.717) is 5.82 Å². The Hall–Kier alpha value is -2.54. The van der Waals surface area contributed by atoms with Crippen LogP contribution in [0.3, 0.4) is 0 Å². The Kier molecular flexibility index (Phi) is 5.78. The summed E-state index contributed by atoms with van der Waals surface area (Å²) in [4.78, 5) is 20.6. The summed E-state index contributed by atoms with van der Waals surface area (Å²) in [6, 6.07) is 5.96. The average Bonchev–Trinajstić information content (AvgIpc) is 2.67. The number of halogens is 1. The molecule has 26 heavy (non-hydrogen) atoms. The van der Waals surface area contributed by atoms with Gasteiger partial charge in [0.2, 0.25) is 0 Å². The fourth-order valence-corrected chi connectivity index (χ4v) is 2.79. The lowest BCUT2D eigenvalue weighted by molar-refractivity contribution is -0.123. The number of benzene rings is 1. The molecule has 1 atom stereocenters. The molecule has 3 rings (SSSR count). The molecule has 1 aromatic carbocycles. The molecule has 0 bridgehead atoms. The molecule has 2 heterocycles. The van der Waals surface area contributed by atoms with Crippen LogP contribution in [-0.4, -0.2) is 29.1 Å². The number of ether oxygens (including phenoxy) is 2. The largest absolute Gasteiger partial charge is 0.481 e. The lowest BCUT2D eigenvalue weighted by Crippen LogP contribution is -2.32. The second kappa shape index (κ2) is 8.23. The highest BCUT2D eigenvalue weighted by Gasteiger charge is 2.32. The lowest BCUT2D eigenvalue weighted by atomic mass is 9.95. The first-order valence-electron chi connectivity index (χ1n) is 8.66. The highest BCUT2D eigenvalue weighted by atomic mass is 19.1. The second-order valence-corrected chi connectivity index (χ2v) is 6.45. The minimum absolute atomic E-state index is 0.0519. The zero-order valence-electron chi connectivity index (χ0n) is 14.7. The maximum atomic E-state index is 13.4. The Balaban J connectivity index is 1.48. The Bertz CT molecular complexity index is 746. The van der Waals surface area contributed by atoms with E-state index in [1.807, 2.05) is 6.92 Å². The van der Waals surface area contributed by atoms with Crippen molar-refractivity contribution < 1.29 is 18.7 Å². The fourth-order valence-electron chi connectivity index (χ4n) is 2.79. The number of rotatable bonds is 6. The number of hydrogen-bond donors (Lipinski definition) is 1. The molecule has 1 saturated heterocycles. The Morgan fingerprint density at radius 3 is 2.77 bits per heavy atom. The molecule has 7 heteroatoms. The summed E-state index contributed by atoms with van der Waals surface area (Å²) < 4.78 is 24.4. The number of para-hydroxylation sites is 1. The van der Waals surface area contributed by atoms with Crippen LogP contribution in [0.15, 0.2) is 36.7 Å². The van der Waals surface area contributed by atoms with Gasteiger partial charge in [-0.15, -0.1) is 0 Å². The Labute approximate surface area is 151 Å². The van der Waals surface area contributed by atoms with Gasteiger partial charge in [0.05, 0.1) is 0 Å². The number of aromatic nitrogens is 2. The molecule has 0 saturated carbocycles. The maximum Gasteiger partial charge on any atom is 0.258 e. The van der Waals surface area contributed by atoms with Crippen molar-refractivity contribution in [2.45, 2.75) is 38.3 Å². The second-order valence-electron chi connectivity index (χ2n) is 6.45. The van der Waals surface area contributed by atoms with Crippen LogP contribution in [-0.2, 0) is 21.7 Å². The van der Waals surface area contributed by atoms with Gasteiger partial charge in [0.1, 0.15) is 5.60 Å². The van der Waals surface area contributed by atoms with E-state index < -0.39 is 11.4 Å². The molecular weight excluding hydrogens is 337 g/mol. The van der Waals surface area contributed by atoms with E-state index in [4.69, 9.17) is 9.47 Å². The molecular formula is C19H22FN3O3. The molecule has 6 nitrogen and oxygen atoms in total. The minimum Gasteiger partial charge on any atom is -0.481 e. The van der Waals surface area contributed by atoms with Crippen LogP contribution < -0.4 is 10.1 Å². The lowest BCUT2D eigenvalue weighted by Gasteiger charge is -2.32. The molecule has 0 spiro atoms. The first-order chi connectivity index (χ1) is 12.6. The molecule has 1 N–H and O–H groups in total. The van der Waals surface area contributed by atoms with Gasteiger partial charge in [0.25, 0.3) is 5.91 Å². The number of nitrogens with one attached hydrogen (secondary N) is 1. The number of amides is 1. The zero-order valence-corrected chi connectivity index (χ0v) is 14.7. The Morgan fingerprint density at radius 1 is 1.31 bits per heavy atom. The van der Waals surface area contributed by atoms with Gasteiger partial charge in [-0.1, -0.05) is 12.1 Å². The molecule has 1 aliphatic heterocycles. The van der Waals surface area contributed by atoms with Crippen molar-refractivity contribution in [2.24, 2.45) is 0 Å². The van der Waals surface area contributed by atoms with Crippen molar-refractivity contribution in [3.05, 3.63) is 53.9 Å². The highest BCUT2D eigenvalue weighted by molar-refractivity contribution is 5.77. The van der Waals surface area contributed by atoms with Gasteiger partial charge >= 0.3 is 0 Å². The monoisotopic (exact) mass is 359 g/mol. The van der Waals surface area contributed by atoms with Gasteiger partial charge in [-0.25, -0.2) is 14.4 Å². The highest BCUT2D eigenvalue weighted by Crippen LogP contribution is 2.32. The van der Waals surface area contributed by atoms with Gasteiger partial charge in [0.15, 0.2) is 24.0 Å². The topological polar surface area (TPSA) is 73.3 Å². The summed E-state index contributed by atoms with van der Waals surface area (Å²) in [6.45, 7) is 2.74. The molecule has 1 aliphatic rings. The average molecular weight is 359 g/mol. The summed E-state index contributed by atoms with van der Waals surface area (Å²) >= 11 is 0. The van der Waals surface area contributed by atoms with Gasteiger partial charge in [-0.05, 0) is 38.3 Å². The molecule has 138 valence electrons. The SMILES string of the molecule is C[C@@]1(c2ncc(CNC(=O)COc3ccccc3F)cn2)CCCCO1. The molecule has 1 aromatic heterocycles. The van der Waals surface area contributed by atoms with Gasteiger partial charge in [0, 0.05) is 31.1 Å². The van der Waals surface area contributed by atoms with Crippen molar-refractivity contribution >= 4 is 5.91 Å². The van der Waals surface area contributed by atoms with Crippen molar-refractivity contribution in [1.29, 1.82) is 0 Å². The predicted molar refractivity (Wildman–Crippen MR) is 92.9 cm³/mol. The van der Waals surface area contributed by atoms with Crippen LogP contribution >= 0.6 is 0 Å². The summed E-state index contributed by atoms with van der Waals surface area (Å²) in [5.74, 6) is -0.131. The summed E-state index contributed by atoms with van der Waals surface area (Å²) in [5.41, 5.74) is 0.334. The quantitative estimate of drug-likeness (QED) is 0.858. The molecule has 0 unspecified atom stereocenters. The van der Waals surface area contributed by atoms with E-state index in [-0.39, 0.29) is 24.8 Å². The van der Waals surface area contributed by atoms with Crippen molar-refractivity contribution in [1.82, 2.24) is 15.3 Å². The number of carbonyl (C=O) groups is 1. The first kappa shape index (κ1) is 18.3. The first-order valence-corrected chi connectivity index (χ1v) is 8.66. The van der Waals surface area contributed by atoms with Crippen molar-refractivity contribution in [3.63, 3.8) is 0 Å². The van der Waals surface area contributed by atoms with Crippen LogP contribution in [0.1, 0.15) is 37.6 Å². The van der Waals surface area contributed by atoms with Crippen LogP contribution in [0.2, 0.25) is 0 Å². The maximum absolute atomic E-state index is 13.4. The van der Waals surface area contributed by atoms with Crippen molar-refractivity contribution in [3.8, 4) is 5.75 Å². The molecule has 1 fully saturated rings. The number of hydrogen-bond acceptors (Lipinski definition) is 5. The number of carbonyl (C=O) groups excluding carboxylic acids is 1. The van der Waals surface area contributed by atoms with E-state index in [1.165, 1.54) is 12.1 Å². The van der Waals surface area contributed by atoms with E-state index in [9.17, 15) is 9.18 Å². The third-order valence-corrected chi connectivity index (χ3v) is 4.33. The van der Waals surface area contributed by atoms with Crippen LogP contribution in [0.4, 0.5) is 4.39 Å². The van der Waals surface area contributed by atoms with E-state index in [1.54, 1.807) is 24.5 Å². The van der Waals surface area contributed by atoms with Gasteiger partial charge < -0.3 is 14.8 Å². The van der Waals surface area contributed by atoms with Crippen LogP contribution in [0, 0.1) is 5.82 Å². The normalized spacial score (nSPS) is 19.8. The fraction of sp³-hybridized carbons (Fsp3) is 0.421. The van der Waals surface area contributed by atoms with E-state index in [2.05, 4.69) is 15.3 Å². The molecule has 0 aliphatic carbocycles. The van der Waals surface area contributed by atoms with Crippen LogP contribution in [0.25, 0.3) is 0 Å². The smallest absolute Gasteiger partial charge is 0.258 e. The Morgan fingerprint density at radius 2 is 2.08 bits per heavy atom. The third kappa shape index (κ3) is 4.54. The number of nitrogens with zero attached hydrogens (tertiary/aromatic N) is 2. The standard InChI is InChI=1S/C19H22FN3O3/c1-19(8-4-5-9-26-19)18-22-11-14(12-23-18)10-21-17(24)13-25-16-7-3-2-6-15(16)20/h2-3,6-7,11-12H,4-5,8-10,13H2,1H3,(H,21,24)/t19-/m0/s1. The summed E-state index contributed by atoms with van der Waals surface area (Å²) in [5, 5.41) is 2.70. The van der Waals surface area contributed by atoms with Crippen molar-refractivity contribution in [2.75, 3.05) is 13.2 Å². The van der Waals surface area contributed by atoms with E-state index >= 15 is 0 Å². The van der Waals surface area contributed by atoms with Gasteiger partial charge in [-0.3, -0.25) is 4.79 Å². The zero-order chi connectivity index (χ0) is 18.4. The predicted octanol–water partition coefficient (Wildman–Crippen LogP) is 2.73. The molecule has 2 aromatic rings.